The van der Waals surface area contributed by atoms with Crippen LogP contribution in [0.15, 0.2) is 60.4 Å². The van der Waals surface area contributed by atoms with E-state index < -0.39 is 6.04 Å². The second kappa shape index (κ2) is 8.20. The largest absolute Gasteiger partial charge is 0.342 e. The van der Waals surface area contributed by atoms with Crippen molar-refractivity contribution < 1.29 is 9.59 Å². The number of aryl methyl sites for hydroxylation is 1. The topological polar surface area (TPSA) is 70.8 Å². The van der Waals surface area contributed by atoms with Crippen LogP contribution in [0.3, 0.4) is 0 Å². The lowest BCUT2D eigenvalue weighted by molar-refractivity contribution is -0.138. The van der Waals surface area contributed by atoms with Crippen LogP contribution in [0, 0.1) is 6.92 Å². The van der Waals surface area contributed by atoms with Gasteiger partial charge in [0.15, 0.2) is 5.65 Å². The first kappa shape index (κ1) is 20.4. The first-order valence-corrected chi connectivity index (χ1v) is 11.4. The van der Waals surface area contributed by atoms with E-state index in [1.54, 1.807) is 45.1 Å². The maximum absolute atomic E-state index is 13.5. The van der Waals surface area contributed by atoms with Gasteiger partial charge in [-0.15, -0.1) is 11.3 Å². The SMILES string of the molecule is Cc1cnc2c(C(=O)N3CCN(C)C(=O)[C@@H]3Cc3cccc(-c4cccs4)c3)cnn2c1. The van der Waals surface area contributed by atoms with Gasteiger partial charge in [0.1, 0.15) is 11.6 Å². The van der Waals surface area contributed by atoms with E-state index in [2.05, 4.69) is 28.3 Å². The number of hydrogen-bond donors (Lipinski definition) is 0. The van der Waals surface area contributed by atoms with Crippen molar-refractivity contribution in [3.8, 4) is 10.4 Å². The monoisotopic (exact) mass is 445 g/mol. The molecule has 32 heavy (non-hydrogen) atoms. The molecule has 4 heterocycles. The average molecular weight is 446 g/mol. The minimum atomic E-state index is -0.569. The van der Waals surface area contributed by atoms with E-state index in [1.165, 1.54) is 4.88 Å². The molecule has 1 aromatic carbocycles. The molecule has 2 amide bonds. The third-order valence-corrected chi connectivity index (χ3v) is 6.77. The van der Waals surface area contributed by atoms with Gasteiger partial charge in [-0.25, -0.2) is 9.50 Å². The van der Waals surface area contributed by atoms with Crippen molar-refractivity contribution in [2.24, 2.45) is 0 Å². The lowest BCUT2D eigenvalue weighted by Gasteiger charge is -2.39. The van der Waals surface area contributed by atoms with Gasteiger partial charge >= 0.3 is 0 Å². The predicted molar refractivity (Wildman–Crippen MR) is 124 cm³/mol. The predicted octanol–water partition coefficient (Wildman–Crippen LogP) is 3.29. The van der Waals surface area contributed by atoms with E-state index in [0.29, 0.717) is 30.7 Å². The molecule has 1 saturated heterocycles. The number of carbonyl (C=O) groups is 2. The minimum absolute atomic E-state index is 0.0496. The molecule has 1 atom stereocenters. The number of benzene rings is 1. The Kier molecular flexibility index (Phi) is 5.22. The summed E-state index contributed by atoms with van der Waals surface area (Å²) in [6.45, 7) is 2.90. The van der Waals surface area contributed by atoms with Crippen LogP contribution >= 0.6 is 11.3 Å². The van der Waals surface area contributed by atoms with Gasteiger partial charge in [-0.2, -0.15) is 5.10 Å². The zero-order valence-corrected chi connectivity index (χ0v) is 18.7. The zero-order chi connectivity index (χ0) is 22.2. The first-order chi connectivity index (χ1) is 15.5. The number of fused-ring (bicyclic) bond motifs is 1. The van der Waals surface area contributed by atoms with Crippen molar-refractivity contribution >= 4 is 28.8 Å². The zero-order valence-electron chi connectivity index (χ0n) is 17.9. The number of piperazine rings is 1. The maximum Gasteiger partial charge on any atom is 0.260 e. The number of thiophene rings is 1. The van der Waals surface area contributed by atoms with E-state index >= 15 is 0 Å². The second-order valence-electron chi connectivity index (χ2n) is 8.11. The Balaban J connectivity index is 1.47. The summed E-state index contributed by atoms with van der Waals surface area (Å²) < 4.78 is 1.61. The third-order valence-electron chi connectivity index (χ3n) is 5.85. The Morgan fingerprint density at radius 3 is 2.88 bits per heavy atom. The highest BCUT2D eigenvalue weighted by atomic mass is 32.1. The van der Waals surface area contributed by atoms with Crippen molar-refractivity contribution in [3.05, 3.63) is 77.1 Å². The second-order valence-corrected chi connectivity index (χ2v) is 9.06. The highest BCUT2D eigenvalue weighted by molar-refractivity contribution is 7.13. The summed E-state index contributed by atoms with van der Waals surface area (Å²) in [7, 11) is 1.79. The van der Waals surface area contributed by atoms with Crippen molar-refractivity contribution in [1.29, 1.82) is 0 Å². The fourth-order valence-corrected chi connectivity index (χ4v) is 4.87. The van der Waals surface area contributed by atoms with Gasteiger partial charge in [0.2, 0.25) is 5.91 Å². The smallest absolute Gasteiger partial charge is 0.260 e. The molecular formula is C24H23N5O2S. The van der Waals surface area contributed by atoms with E-state index in [0.717, 1.165) is 16.7 Å². The normalized spacial score (nSPS) is 16.7. The van der Waals surface area contributed by atoms with Crippen LogP contribution in [0.5, 0.6) is 0 Å². The van der Waals surface area contributed by atoms with Gasteiger partial charge in [0.05, 0.1) is 6.20 Å². The third kappa shape index (κ3) is 3.67. The molecule has 162 valence electrons. The van der Waals surface area contributed by atoms with Gasteiger partial charge in [0, 0.05) is 43.8 Å². The molecular weight excluding hydrogens is 422 g/mol. The highest BCUT2D eigenvalue weighted by Crippen LogP contribution is 2.27. The Morgan fingerprint density at radius 2 is 2.06 bits per heavy atom. The molecule has 1 aliphatic heterocycles. The summed E-state index contributed by atoms with van der Waals surface area (Å²) in [5, 5.41) is 6.34. The van der Waals surface area contributed by atoms with E-state index in [-0.39, 0.29) is 11.8 Å². The van der Waals surface area contributed by atoms with Crippen LogP contribution in [-0.2, 0) is 11.2 Å². The maximum atomic E-state index is 13.5. The molecule has 1 fully saturated rings. The molecule has 0 aliphatic carbocycles. The van der Waals surface area contributed by atoms with E-state index in [4.69, 9.17) is 0 Å². The molecule has 8 heteroatoms. The standard InChI is InChI=1S/C24H23N5O2S/c1-16-13-25-22-19(14-26-29(22)15-16)23(30)28-9-8-27(2)24(31)20(28)12-17-5-3-6-18(11-17)21-7-4-10-32-21/h3-7,10-11,13-15,20H,8-9,12H2,1-2H3/t20-/m0/s1. The molecule has 0 bridgehead atoms. The van der Waals surface area contributed by atoms with Gasteiger partial charge in [-0.1, -0.05) is 30.3 Å². The quantitative estimate of drug-likeness (QED) is 0.483. The molecule has 5 rings (SSSR count). The summed E-state index contributed by atoms with van der Waals surface area (Å²) in [6.07, 6.45) is 5.56. The number of rotatable bonds is 4. The van der Waals surface area contributed by atoms with Crippen LogP contribution in [-0.4, -0.2) is 62.4 Å². The van der Waals surface area contributed by atoms with Crippen LogP contribution in [0.4, 0.5) is 0 Å². The molecule has 0 spiro atoms. The van der Waals surface area contributed by atoms with Gasteiger partial charge in [-0.05, 0) is 35.1 Å². The van der Waals surface area contributed by atoms with Crippen molar-refractivity contribution in [2.45, 2.75) is 19.4 Å². The summed E-state index contributed by atoms with van der Waals surface area (Å²) in [5.74, 6) is -0.261. The number of nitrogens with zero attached hydrogens (tertiary/aromatic N) is 5. The highest BCUT2D eigenvalue weighted by Gasteiger charge is 2.37. The van der Waals surface area contributed by atoms with Crippen molar-refractivity contribution in [2.75, 3.05) is 20.1 Å². The van der Waals surface area contributed by atoms with Gasteiger partial charge in [-0.3, -0.25) is 9.59 Å². The summed E-state index contributed by atoms with van der Waals surface area (Å²) in [4.78, 5) is 35.6. The fourth-order valence-electron chi connectivity index (χ4n) is 4.14. The number of hydrogen-bond acceptors (Lipinski definition) is 5. The summed E-state index contributed by atoms with van der Waals surface area (Å²) in [5.41, 5.74) is 4.02. The molecule has 1 aliphatic rings. The van der Waals surface area contributed by atoms with E-state index in [9.17, 15) is 9.59 Å². The molecule has 3 aromatic heterocycles. The Labute approximate surface area is 189 Å². The van der Waals surface area contributed by atoms with Gasteiger partial charge < -0.3 is 9.80 Å². The Bertz CT molecular complexity index is 1300. The van der Waals surface area contributed by atoms with Crippen molar-refractivity contribution in [3.63, 3.8) is 0 Å². The molecule has 7 nitrogen and oxygen atoms in total. The van der Waals surface area contributed by atoms with Crippen molar-refractivity contribution in [1.82, 2.24) is 24.4 Å². The minimum Gasteiger partial charge on any atom is -0.342 e. The number of aromatic nitrogens is 3. The van der Waals surface area contributed by atoms with Crippen LogP contribution in [0.1, 0.15) is 21.5 Å². The fraction of sp³-hybridized carbons (Fsp3) is 0.250. The van der Waals surface area contributed by atoms with Crippen LogP contribution in [0.2, 0.25) is 0 Å². The summed E-state index contributed by atoms with van der Waals surface area (Å²) >= 11 is 1.68. The lowest BCUT2D eigenvalue weighted by Crippen LogP contribution is -2.58. The van der Waals surface area contributed by atoms with Gasteiger partial charge in [0.25, 0.3) is 5.91 Å². The molecule has 0 radical (unpaired) electrons. The van der Waals surface area contributed by atoms with E-state index in [1.807, 2.05) is 36.7 Å². The molecule has 0 unspecified atom stereocenters. The Morgan fingerprint density at radius 1 is 1.19 bits per heavy atom. The lowest BCUT2D eigenvalue weighted by atomic mass is 9.98. The number of amides is 2. The average Bonchev–Trinajstić information content (AvgIpc) is 3.47. The first-order valence-electron chi connectivity index (χ1n) is 10.5. The number of carbonyl (C=O) groups excluding carboxylic acids is 2. The molecule has 0 N–H and O–H groups in total. The number of likely N-dealkylation sites (N-methyl/N-ethyl adjacent to an activating group) is 1. The van der Waals surface area contributed by atoms with Crippen LogP contribution in [0.25, 0.3) is 16.1 Å². The molecule has 0 saturated carbocycles. The Hall–Kier alpha value is -3.52. The van der Waals surface area contributed by atoms with Crippen LogP contribution < -0.4 is 0 Å². The summed E-state index contributed by atoms with van der Waals surface area (Å²) in [6, 6.07) is 11.7. The molecule has 4 aromatic rings.